The van der Waals surface area contributed by atoms with Gasteiger partial charge in [0.15, 0.2) is 5.75 Å². The minimum absolute atomic E-state index is 0.184. The van der Waals surface area contributed by atoms with Gasteiger partial charge in [-0.3, -0.25) is 9.59 Å². The van der Waals surface area contributed by atoms with Crippen molar-refractivity contribution in [1.82, 2.24) is 15.2 Å². The van der Waals surface area contributed by atoms with Crippen LogP contribution < -0.4 is 15.4 Å². The molecular formula is C38H41N3O5. The molecule has 8 nitrogen and oxygen atoms in total. The van der Waals surface area contributed by atoms with E-state index in [2.05, 4.69) is 45.5 Å². The van der Waals surface area contributed by atoms with Crippen LogP contribution in [0.15, 0.2) is 78.4 Å². The van der Waals surface area contributed by atoms with E-state index in [1.165, 1.54) is 60.4 Å². The topological polar surface area (TPSA) is 110 Å². The van der Waals surface area contributed by atoms with Crippen LogP contribution in [0.25, 0.3) is 22.2 Å². The van der Waals surface area contributed by atoms with Crippen molar-refractivity contribution in [2.45, 2.75) is 88.3 Å². The molecule has 3 aliphatic carbocycles. The Morgan fingerprint density at radius 2 is 1.76 bits per heavy atom. The molecule has 2 amide bonds. The highest BCUT2D eigenvalue weighted by Crippen LogP contribution is 2.48. The van der Waals surface area contributed by atoms with Gasteiger partial charge < -0.3 is 25.0 Å². The summed E-state index contributed by atoms with van der Waals surface area (Å²) in [7, 11) is 0. The van der Waals surface area contributed by atoms with Gasteiger partial charge in [-0.15, -0.1) is 0 Å². The maximum Gasteiger partial charge on any atom is 0.328 e. The molecule has 3 N–H and O–H groups in total. The fourth-order valence-electron chi connectivity index (χ4n) is 7.95. The highest BCUT2D eigenvalue weighted by molar-refractivity contribution is 6.07. The molecule has 0 spiro atoms. The van der Waals surface area contributed by atoms with E-state index in [1.54, 1.807) is 0 Å². The Bertz CT molecular complexity index is 1750. The molecule has 3 aromatic rings. The highest BCUT2D eigenvalue weighted by Gasteiger charge is 2.44. The fourth-order valence-corrected chi connectivity index (χ4v) is 7.95. The number of nitrogens with one attached hydrogen (secondary N) is 2. The Kier molecular flexibility index (Phi) is 8.28. The molecule has 0 radical (unpaired) electrons. The lowest BCUT2D eigenvalue weighted by molar-refractivity contribution is -0.131. The molecule has 0 saturated heterocycles. The Morgan fingerprint density at radius 1 is 0.978 bits per heavy atom. The average Bonchev–Trinajstić information content (AvgIpc) is 3.70. The van der Waals surface area contributed by atoms with Crippen molar-refractivity contribution in [1.29, 1.82) is 0 Å². The Morgan fingerprint density at radius 3 is 2.48 bits per heavy atom. The SMILES string of the molecule is O=C(O)/C=C/C1=CCC(NC(=O)C2(NC(=O)c3ccc4c(C5CCCCC5)c(-c5ccccc5)n5c4c3OCC5)CCCC2)C=C1. The smallest absolute Gasteiger partial charge is 0.328 e. The summed E-state index contributed by atoms with van der Waals surface area (Å²) in [6, 6.07) is 14.4. The Balaban J connectivity index is 1.19. The van der Waals surface area contributed by atoms with Crippen molar-refractivity contribution in [3.8, 4) is 17.0 Å². The lowest BCUT2D eigenvalue weighted by Gasteiger charge is -2.31. The second-order valence-corrected chi connectivity index (χ2v) is 13.1. The van der Waals surface area contributed by atoms with Gasteiger partial charge in [-0.05, 0) is 66.9 Å². The zero-order valence-corrected chi connectivity index (χ0v) is 26.1. The predicted octanol–water partition coefficient (Wildman–Crippen LogP) is 6.80. The van der Waals surface area contributed by atoms with Gasteiger partial charge in [-0.2, -0.15) is 0 Å². The third kappa shape index (κ3) is 5.65. The van der Waals surface area contributed by atoms with E-state index in [-0.39, 0.29) is 17.9 Å². The van der Waals surface area contributed by atoms with Gasteiger partial charge >= 0.3 is 5.97 Å². The normalized spacial score (nSPS) is 20.8. The molecule has 1 unspecified atom stereocenters. The molecule has 0 bridgehead atoms. The standard InChI is InChI=1S/C38H41N3O5/c42-31(43)20-15-25-13-16-28(17-14-25)39-37(45)38(21-7-8-22-38)40-36(44)30-19-18-29-32(26-9-3-1-4-10-26)33(27-11-5-2-6-12-27)41-23-24-46-35(30)34(29)41/h2,5-6,11-16,18-20,26,28H,1,3-4,7-10,17,21-24H2,(H,39,45)(H,40,44)(H,42,43)/b20-15+. The van der Waals surface area contributed by atoms with E-state index in [1.807, 2.05) is 30.4 Å². The van der Waals surface area contributed by atoms with Crippen LogP contribution in [-0.4, -0.2) is 45.6 Å². The van der Waals surface area contributed by atoms with Crippen LogP contribution in [0, 0.1) is 0 Å². The molecule has 46 heavy (non-hydrogen) atoms. The molecule has 2 saturated carbocycles. The van der Waals surface area contributed by atoms with E-state index < -0.39 is 11.5 Å². The third-order valence-corrected chi connectivity index (χ3v) is 10.2. The summed E-state index contributed by atoms with van der Waals surface area (Å²) < 4.78 is 8.69. The molecule has 1 aliphatic heterocycles. The van der Waals surface area contributed by atoms with Gasteiger partial charge in [0.25, 0.3) is 5.91 Å². The summed E-state index contributed by atoms with van der Waals surface area (Å²) >= 11 is 0. The van der Waals surface area contributed by atoms with Crippen LogP contribution in [0.4, 0.5) is 0 Å². The van der Waals surface area contributed by atoms with Crippen molar-refractivity contribution in [2.75, 3.05) is 6.61 Å². The quantitative estimate of drug-likeness (QED) is 0.240. The zero-order chi connectivity index (χ0) is 31.7. The van der Waals surface area contributed by atoms with Gasteiger partial charge in [0.05, 0.1) is 29.4 Å². The van der Waals surface area contributed by atoms with Crippen LogP contribution in [-0.2, 0) is 16.1 Å². The number of aliphatic carboxylic acids is 1. The van der Waals surface area contributed by atoms with E-state index in [0.29, 0.717) is 43.1 Å². The van der Waals surface area contributed by atoms with Crippen LogP contribution in [0.2, 0.25) is 0 Å². The number of ether oxygens (including phenoxy) is 1. The number of carbonyl (C=O) groups excluding carboxylic acids is 2. The van der Waals surface area contributed by atoms with Crippen molar-refractivity contribution < 1.29 is 24.2 Å². The predicted molar refractivity (Wildman–Crippen MR) is 178 cm³/mol. The first-order valence-corrected chi connectivity index (χ1v) is 16.7. The van der Waals surface area contributed by atoms with E-state index in [0.717, 1.165) is 36.6 Å². The minimum Gasteiger partial charge on any atom is -0.489 e. The van der Waals surface area contributed by atoms with Crippen LogP contribution in [0.1, 0.15) is 86.0 Å². The van der Waals surface area contributed by atoms with Gasteiger partial charge in [0.1, 0.15) is 12.1 Å². The number of carboxylic acid groups (broad SMARTS) is 1. The summed E-state index contributed by atoms with van der Waals surface area (Å²) in [5.74, 6) is -0.398. The number of carboxylic acids is 1. The lowest BCUT2D eigenvalue weighted by Crippen LogP contribution is -2.58. The Hall–Kier alpha value is -4.59. The molecule has 2 aromatic carbocycles. The average molecular weight is 620 g/mol. The minimum atomic E-state index is -1.00. The molecule has 7 rings (SSSR count). The summed E-state index contributed by atoms with van der Waals surface area (Å²) in [6.45, 7) is 1.19. The largest absolute Gasteiger partial charge is 0.489 e. The first kappa shape index (κ1) is 30.1. The summed E-state index contributed by atoms with van der Waals surface area (Å²) in [5.41, 5.74) is 5.04. The maximum absolute atomic E-state index is 14.1. The molecule has 1 aromatic heterocycles. The lowest BCUT2D eigenvalue weighted by atomic mass is 9.81. The Labute approximate surface area is 269 Å². The number of rotatable bonds is 8. The van der Waals surface area contributed by atoms with Crippen molar-refractivity contribution >= 4 is 28.7 Å². The first-order chi connectivity index (χ1) is 22.4. The summed E-state index contributed by atoms with van der Waals surface area (Å²) in [6.07, 6.45) is 17.7. The molecule has 2 heterocycles. The third-order valence-electron chi connectivity index (χ3n) is 10.2. The van der Waals surface area contributed by atoms with Gasteiger partial charge in [-0.1, -0.05) is 86.7 Å². The van der Waals surface area contributed by atoms with Gasteiger partial charge in [-0.25, -0.2) is 4.79 Å². The molecule has 238 valence electrons. The molecular weight excluding hydrogens is 578 g/mol. The van der Waals surface area contributed by atoms with Gasteiger partial charge in [0.2, 0.25) is 5.91 Å². The number of allylic oxidation sites excluding steroid dienone is 3. The monoisotopic (exact) mass is 619 g/mol. The number of carbonyl (C=O) groups is 3. The van der Waals surface area contributed by atoms with Gasteiger partial charge in [0, 0.05) is 11.5 Å². The van der Waals surface area contributed by atoms with Crippen LogP contribution in [0.3, 0.4) is 0 Å². The summed E-state index contributed by atoms with van der Waals surface area (Å²) in [4.78, 5) is 38.8. The summed E-state index contributed by atoms with van der Waals surface area (Å²) in [5, 5.41) is 16.4. The number of hydrogen-bond donors (Lipinski definition) is 3. The molecule has 2 fully saturated rings. The molecule has 1 atom stereocenters. The second kappa shape index (κ2) is 12.7. The van der Waals surface area contributed by atoms with E-state index >= 15 is 0 Å². The number of aromatic nitrogens is 1. The van der Waals surface area contributed by atoms with Crippen LogP contribution >= 0.6 is 0 Å². The molecule has 4 aliphatic rings. The highest BCUT2D eigenvalue weighted by atomic mass is 16.5. The van der Waals surface area contributed by atoms with E-state index in [4.69, 9.17) is 9.84 Å². The fraction of sp³-hybridized carbons (Fsp3) is 0.395. The maximum atomic E-state index is 14.1. The van der Waals surface area contributed by atoms with Crippen molar-refractivity contribution in [3.63, 3.8) is 0 Å². The number of nitrogens with zero attached hydrogens (tertiary/aromatic N) is 1. The number of benzene rings is 2. The second-order valence-electron chi connectivity index (χ2n) is 13.1. The number of hydrogen-bond acceptors (Lipinski definition) is 4. The molecule has 8 heteroatoms. The van der Waals surface area contributed by atoms with E-state index in [9.17, 15) is 14.4 Å². The first-order valence-electron chi connectivity index (χ1n) is 16.7. The zero-order valence-electron chi connectivity index (χ0n) is 26.1. The number of amides is 2. The van der Waals surface area contributed by atoms with Crippen molar-refractivity contribution in [3.05, 3.63) is 89.5 Å². The van der Waals surface area contributed by atoms with Crippen LogP contribution in [0.5, 0.6) is 5.75 Å². The van der Waals surface area contributed by atoms with Crippen molar-refractivity contribution in [2.24, 2.45) is 0 Å².